The van der Waals surface area contributed by atoms with Gasteiger partial charge in [-0.05, 0) is 31.5 Å². The largest absolute Gasteiger partial charge is 0.324 e. The van der Waals surface area contributed by atoms with Crippen LogP contribution in [0.2, 0.25) is 0 Å². The zero-order chi connectivity index (χ0) is 14.8. The molecule has 2 heterocycles. The molecule has 2 aromatic rings. The third kappa shape index (κ3) is 2.59. The molecule has 21 heavy (non-hydrogen) atoms. The Labute approximate surface area is 119 Å². The van der Waals surface area contributed by atoms with E-state index in [4.69, 9.17) is 0 Å². The Bertz CT molecular complexity index is 787. The molecule has 1 aliphatic rings. The highest BCUT2D eigenvalue weighted by atomic mass is 16.2. The second-order valence-corrected chi connectivity index (χ2v) is 5.13. The number of carbonyl (C=O) groups excluding carboxylic acids is 1. The Morgan fingerprint density at radius 2 is 1.95 bits per heavy atom. The van der Waals surface area contributed by atoms with Crippen LogP contribution in [0, 0.1) is 0 Å². The molecular formula is C14H16N4O3. The molecule has 7 heteroatoms. The van der Waals surface area contributed by atoms with Crippen molar-refractivity contribution in [1.82, 2.24) is 15.5 Å². The molecule has 0 radical (unpaired) electrons. The lowest BCUT2D eigenvalue weighted by Gasteiger charge is -2.22. The summed E-state index contributed by atoms with van der Waals surface area (Å²) in [5.74, 6) is -0.179. The van der Waals surface area contributed by atoms with Crippen LogP contribution < -0.4 is 21.8 Å². The molecule has 0 unspecified atom stereocenters. The summed E-state index contributed by atoms with van der Waals surface area (Å²) in [4.78, 5) is 35.9. The zero-order valence-corrected chi connectivity index (χ0v) is 11.4. The summed E-state index contributed by atoms with van der Waals surface area (Å²) in [6.07, 6.45) is 2.83. The van der Waals surface area contributed by atoms with Crippen molar-refractivity contribution in [3.63, 3.8) is 0 Å². The van der Waals surface area contributed by atoms with Crippen LogP contribution in [0.5, 0.6) is 0 Å². The van der Waals surface area contributed by atoms with Gasteiger partial charge in [0.25, 0.3) is 11.1 Å². The number of benzene rings is 1. The minimum Gasteiger partial charge on any atom is -0.324 e. The number of H-pyrrole nitrogens is 2. The second-order valence-electron chi connectivity index (χ2n) is 5.13. The normalized spacial score (nSPS) is 18.6. The van der Waals surface area contributed by atoms with Gasteiger partial charge in [-0.3, -0.25) is 24.6 Å². The van der Waals surface area contributed by atoms with E-state index >= 15 is 0 Å². The van der Waals surface area contributed by atoms with Gasteiger partial charge in [-0.2, -0.15) is 0 Å². The maximum atomic E-state index is 12.2. The molecular weight excluding hydrogens is 272 g/mol. The van der Waals surface area contributed by atoms with Crippen LogP contribution in [0.15, 0.2) is 27.8 Å². The molecule has 4 N–H and O–H groups in total. The van der Waals surface area contributed by atoms with E-state index in [-0.39, 0.29) is 22.7 Å². The minimum absolute atomic E-state index is 0.179. The number of aromatic nitrogens is 2. The summed E-state index contributed by atoms with van der Waals surface area (Å²) >= 11 is 0. The Morgan fingerprint density at radius 3 is 2.71 bits per heavy atom. The number of aromatic amines is 2. The molecule has 1 saturated heterocycles. The van der Waals surface area contributed by atoms with Crippen LogP contribution in [-0.2, 0) is 4.79 Å². The van der Waals surface area contributed by atoms with Gasteiger partial charge in [0.1, 0.15) is 0 Å². The average Bonchev–Trinajstić information content (AvgIpc) is 2.52. The first-order chi connectivity index (χ1) is 10.2. The summed E-state index contributed by atoms with van der Waals surface area (Å²) < 4.78 is 0. The van der Waals surface area contributed by atoms with Gasteiger partial charge in [-0.25, -0.2) is 0 Å². The zero-order valence-electron chi connectivity index (χ0n) is 11.4. The van der Waals surface area contributed by atoms with Crippen molar-refractivity contribution in [2.75, 3.05) is 11.9 Å². The fourth-order valence-electron chi connectivity index (χ4n) is 2.63. The highest BCUT2D eigenvalue weighted by molar-refractivity contribution is 6.03. The molecule has 0 bridgehead atoms. The Kier molecular flexibility index (Phi) is 3.57. The molecule has 7 nitrogen and oxygen atoms in total. The summed E-state index contributed by atoms with van der Waals surface area (Å²) in [5, 5.41) is 10.9. The van der Waals surface area contributed by atoms with E-state index < -0.39 is 11.1 Å². The third-order valence-corrected chi connectivity index (χ3v) is 3.71. The molecule has 1 aromatic heterocycles. The smallest absolute Gasteiger partial charge is 0.272 e. The Morgan fingerprint density at radius 1 is 1.14 bits per heavy atom. The first-order valence-electron chi connectivity index (χ1n) is 6.95. The number of rotatable bonds is 2. The van der Waals surface area contributed by atoms with Crippen LogP contribution in [0.3, 0.4) is 0 Å². The number of anilines is 1. The lowest BCUT2D eigenvalue weighted by molar-refractivity contribution is -0.118. The fraction of sp³-hybridized carbons (Fsp3) is 0.357. The van der Waals surface area contributed by atoms with Gasteiger partial charge < -0.3 is 10.6 Å². The van der Waals surface area contributed by atoms with Crippen LogP contribution in [0.1, 0.15) is 19.3 Å². The van der Waals surface area contributed by atoms with Gasteiger partial charge in [-0.1, -0.05) is 12.5 Å². The van der Waals surface area contributed by atoms with Crippen LogP contribution in [0.4, 0.5) is 5.69 Å². The number of nitrogens with one attached hydrogen (secondary N) is 4. The number of hydrogen-bond acceptors (Lipinski definition) is 4. The molecule has 1 amide bonds. The van der Waals surface area contributed by atoms with E-state index in [1.165, 1.54) is 0 Å². The molecule has 1 fully saturated rings. The summed E-state index contributed by atoms with van der Waals surface area (Å²) in [6.45, 7) is 0.813. The van der Waals surface area contributed by atoms with Gasteiger partial charge in [0, 0.05) is 0 Å². The van der Waals surface area contributed by atoms with Crippen molar-refractivity contribution < 1.29 is 4.79 Å². The van der Waals surface area contributed by atoms with Crippen LogP contribution in [-0.4, -0.2) is 28.7 Å². The lowest BCUT2D eigenvalue weighted by atomic mass is 10.0. The van der Waals surface area contributed by atoms with Gasteiger partial charge in [-0.15, -0.1) is 0 Å². The number of amides is 1. The highest BCUT2D eigenvalue weighted by Gasteiger charge is 2.21. The monoisotopic (exact) mass is 288 g/mol. The van der Waals surface area contributed by atoms with E-state index in [9.17, 15) is 14.4 Å². The van der Waals surface area contributed by atoms with E-state index in [1.54, 1.807) is 18.2 Å². The Balaban J connectivity index is 1.97. The third-order valence-electron chi connectivity index (χ3n) is 3.71. The fourth-order valence-corrected chi connectivity index (χ4v) is 2.63. The van der Waals surface area contributed by atoms with Crippen molar-refractivity contribution >= 4 is 22.4 Å². The maximum Gasteiger partial charge on any atom is 0.272 e. The van der Waals surface area contributed by atoms with E-state index in [2.05, 4.69) is 20.8 Å². The molecule has 110 valence electrons. The average molecular weight is 288 g/mol. The van der Waals surface area contributed by atoms with Gasteiger partial charge in [0.2, 0.25) is 5.91 Å². The van der Waals surface area contributed by atoms with Crippen molar-refractivity contribution in [2.24, 2.45) is 0 Å². The van der Waals surface area contributed by atoms with Crippen LogP contribution >= 0.6 is 0 Å². The topological polar surface area (TPSA) is 107 Å². The standard InChI is InChI=1S/C14H16N4O3/c19-12-8-4-3-6-9(11(8)14(21)18-17-12)16-13(20)10-5-1-2-7-15-10/h3-4,6,10,15H,1-2,5,7H2,(H,16,20)(H,17,19)(H,18,21)/t10-/m0/s1. The quantitative estimate of drug-likeness (QED) is 0.637. The summed E-state index contributed by atoms with van der Waals surface area (Å²) in [5.41, 5.74) is -0.467. The molecule has 1 aliphatic heterocycles. The predicted molar refractivity (Wildman–Crippen MR) is 79.5 cm³/mol. The lowest BCUT2D eigenvalue weighted by Crippen LogP contribution is -2.43. The number of fused-ring (bicyclic) bond motifs is 1. The maximum absolute atomic E-state index is 12.2. The first kappa shape index (κ1) is 13.6. The molecule has 1 aromatic carbocycles. The molecule has 1 atom stereocenters. The number of piperidine rings is 1. The van der Waals surface area contributed by atoms with Gasteiger partial charge in [0.15, 0.2) is 0 Å². The molecule has 3 rings (SSSR count). The molecule has 0 saturated carbocycles. The highest BCUT2D eigenvalue weighted by Crippen LogP contribution is 2.18. The molecule has 0 aliphatic carbocycles. The van der Waals surface area contributed by atoms with Crippen molar-refractivity contribution in [3.8, 4) is 0 Å². The van der Waals surface area contributed by atoms with Gasteiger partial charge in [0.05, 0.1) is 22.5 Å². The van der Waals surface area contributed by atoms with E-state index in [0.717, 1.165) is 25.8 Å². The van der Waals surface area contributed by atoms with Crippen LogP contribution in [0.25, 0.3) is 10.8 Å². The second kappa shape index (κ2) is 5.53. The summed E-state index contributed by atoms with van der Waals surface area (Å²) in [6, 6.07) is 4.56. The van der Waals surface area contributed by atoms with E-state index in [1.807, 2.05) is 0 Å². The number of carbonyl (C=O) groups is 1. The van der Waals surface area contributed by atoms with E-state index in [0.29, 0.717) is 5.69 Å². The minimum atomic E-state index is -0.433. The summed E-state index contributed by atoms with van der Waals surface area (Å²) in [7, 11) is 0. The van der Waals surface area contributed by atoms with Crippen molar-refractivity contribution in [1.29, 1.82) is 0 Å². The number of hydrogen-bond donors (Lipinski definition) is 4. The molecule has 0 spiro atoms. The predicted octanol–water partition coefficient (Wildman–Crippen LogP) is 0.297. The SMILES string of the molecule is O=C(Nc1cccc2c(=O)[nH][nH]c(=O)c12)[C@@H]1CCCCN1. The van der Waals surface area contributed by atoms with Crippen molar-refractivity contribution in [2.45, 2.75) is 25.3 Å². The van der Waals surface area contributed by atoms with Crippen molar-refractivity contribution in [3.05, 3.63) is 38.9 Å². The first-order valence-corrected chi connectivity index (χ1v) is 6.95. The Hall–Kier alpha value is -2.41. The van der Waals surface area contributed by atoms with Gasteiger partial charge >= 0.3 is 0 Å².